The summed E-state index contributed by atoms with van der Waals surface area (Å²) in [5.41, 5.74) is 1.24. The molecule has 1 fully saturated rings. The van der Waals surface area contributed by atoms with E-state index < -0.39 is 0 Å². The van der Waals surface area contributed by atoms with E-state index in [-0.39, 0.29) is 24.0 Å². The Hall–Kier alpha value is -1.02. The molecule has 0 aliphatic carbocycles. The van der Waals surface area contributed by atoms with E-state index in [0.29, 0.717) is 18.6 Å². The van der Waals surface area contributed by atoms with Crippen LogP contribution in [0.25, 0.3) is 0 Å². The topological polar surface area (TPSA) is 48.9 Å². The fraction of sp³-hybridized carbons (Fsp3) is 0.650. The number of hydrogen-bond donors (Lipinski definition) is 2. The van der Waals surface area contributed by atoms with Gasteiger partial charge in [-0.2, -0.15) is 0 Å². The van der Waals surface area contributed by atoms with E-state index in [1.165, 1.54) is 31.5 Å². The van der Waals surface area contributed by atoms with Crippen molar-refractivity contribution in [3.8, 4) is 5.75 Å². The molecule has 148 valence electrons. The molecule has 1 unspecified atom stereocenters. The second-order valence-electron chi connectivity index (χ2n) is 7.14. The van der Waals surface area contributed by atoms with Gasteiger partial charge in [0.15, 0.2) is 5.96 Å². The van der Waals surface area contributed by atoms with Gasteiger partial charge >= 0.3 is 0 Å². The summed E-state index contributed by atoms with van der Waals surface area (Å²) in [5.74, 6) is 2.46. The third kappa shape index (κ3) is 8.12. The third-order valence-electron chi connectivity index (χ3n) is 4.75. The Balaban J connectivity index is 0.00000338. The van der Waals surface area contributed by atoms with E-state index in [9.17, 15) is 0 Å². The highest BCUT2D eigenvalue weighted by Gasteiger charge is 2.21. The van der Waals surface area contributed by atoms with Crippen molar-refractivity contribution in [2.75, 3.05) is 39.8 Å². The number of benzene rings is 1. The fourth-order valence-corrected chi connectivity index (χ4v) is 3.17. The summed E-state index contributed by atoms with van der Waals surface area (Å²) in [6, 6.07) is 8.78. The molecule has 1 heterocycles. The molecule has 1 aliphatic heterocycles. The predicted octanol–water partition coefficient (Wildman–Crippen LogP) is 3.28. The van der Waals surface area contributed by atoms with E-state index in [1.807, 2.05) is 19.2 Å². The van der Waals surface area contributed by atoms with Crippen LogP contribution < -0.4 is 15.4 Å². The van der Waals surface area contributed by atoms with Crippen molar-refractivity contribution in [2.24, 2.45) is 10.9 Å². The summed E-state index contributed by atoms with van der Waals surface area (Å²) >= 11 is 0. The number of halogens is 1. The Bertz CT molecular complexity index is 533. The summed E-state index contributed by atoms with van der Waals surface area (Å²) in [5, 5.41) is 6.79. The first-order valence-electron chi connectivity index (χ1n) is 9.46. The van der Waals surface area contributed by atoms with Gasteiger partial charge < -0.3 is 20.3 Å². The monoisotopic (exact) mass is 474 g/mol. The van der Waals surface area contributed by atoms with Crippen molar-refractivity contribution in [3.63, 3.8) is 0 Å². The number of aliphatic imine (C=N–C) groups is 1. The number of piperidine rings is 1. The largest absolute Gasteiger partial charge is 0.492 e. The summed E-state index contributed by atoms with van der Waals surface area (Å²) < 4.78 is 5.74. The molecule has 2 rings (SSSR count). The Labute approximate surface area is 176 Å². The van der Waals surface area contributed by atoms with Gasteiger partial charge in [0.2, 0.25) is 0 Å². The zero-order valence-corrected chi connectivity index (χ0v) is 19.0. The number of rotatable bonds is 7. The van der Waals surface area contributed by atoms with Crippen LogP contribution >= 0.6 is 24.0 Å². The van der Waals surface area contributed by atoms with E-state index in [0.717, 1.165) is 24.8 Å². The van der Waals surface area contributed by atoms with Crippen LogP contribution in [0.15, 0.2) is 29.3 Å². The van der Waals surface area contributed by atoms with Gasteiger partial charge in [-0.3, -0.25) is 4.99 Å². The maximum absolute atomic E-state index is 5.74. The molecule has 1 atom stereocenters. The van der Waals surface area contributed by atoms with Crippen LogP contribution in [0.2, 0.25) is 0 Å². The van der Waals surface area contributed by atoms with Crippen LogP contribution in [0.5, 0.6) is 5.75 Å². The highest BCUT2D eigenvalue weighted by molar-refractivity contribution is 14.0. The molecule has 0 radical (unpaired) electrons. The van der Waals surface area contributed by atoms with Gasteiger partial charge in [0.1, 0.15) is 12.4 Å². The Morgan fingerprint density at radius 2 is 2.00 bits per heavy atom. The molecule has 5 nitrogen and oxygen atoms in total. The van der Waals surface area contributed by atoms with Gasteiger partial charge in [0.05, 0.1) is 6.54 Å². The second-order valence-corrected chi connectivity index (χ2v) is 7.14. The molecule has 1 aromatic rings. The molecule has 0 amide bonds. The first kappa shape index (κ1) is 23.0. The van der Waals surface area contributed by atoms with E-state index in [1.54, 1.807) is 0 Å². The number of aryl methyl sites for hydroxylation is 1. The van der Waals surface area contributed by atoms with Crippen LogP contribution in [0, 0.1) is 12.8 Å². The summed E-state index contributed by atoms with van der Waals surface area (Å²) in [6.07, 6.45) is 2.59. The minimum atomic E-state index is 0. The number of nitrogens with one attached hydrogen (secondary N) is 2. The van der Waals surface area contributed by atoms with Crippen molar-refractivity contribution < 1.29 is 4.74 Å². The molecule has 0 spiro atoms. The number of guanidine groups is 1. The molecule has 1 saturated heterocycles. The second kappa shape index (κ2) is 12.4. The zero-order chi connectivity index (χ0) is 18.1. The van der Waals surface area contributed by atoms with Gasteiger partial charge in [-0.05, 0) is 58.2 Å². The first-order valence-corrected chi connectivity index (χ1v) is 9.46. The molecule has 0 saturated carbocycles. The average molecular weight is 474 g/mol. The highest BCUT2D eigenvalue weighted by Crippen LogP contribution is 2.17. The molecule has 2 N–H and O–H groups in total. The quantitative estimate of drug-likeness (QED) is 0.276. The lowest BCUT2D eigenvalue weighted by Gasteiger charge is -2.35. The van der Waals surface area contributed by atoms with Crippen LogP contribution in [0.3, 0.4) is 0 Å². The van der Waals surface area contributed by atoms with Crippen LogP contribution in [-0.2, 0) is 0 Å². The molecular formula is C20H35IN4O. The number of ether oxygens (including phenoxy) is 1. The normalized spacial score (nSPS) is 18.3. The van der Waals surface area contributed by atoms with Crippen molar-refractivity contribution in [3.05, 3.63) is 29.8 Å². The van der Waals surface area contributed by atoms with Gasteiger partial charge in [-0.25, -0.2) is 0 Å². The summed E-state index contributed by atoms with van der Waals surface area (Å²) in [6.45, 7) is 11.4. The van der Waals surface area contributed by atoms with Crippen molar-refractivity contribution in [2.45, 2.75) is 39.7 Å². The van der Waals surface area contributed by atoms with Crippen LogP contribution in [0.1, 0.15) is 32.3 Å². The fourth-order valence-electron chi connectivity index (χ4n) is 3.17. The minimum Gasteiger partial charge on any atom is -0.492 e. The predicted molar refractivity (Wildman–Crippen MR) is 121 cm³/mol. The molecule has 0 bridgehead atoms. The lowest BCUT2D eigenvalue weighted by molar-refractivity contribution is 0.141. The average Bonchev–Trinajstić information content (AvgIpc) is 2.63. The summed E-state index contributed by atoms with van der Waals surface area (Å²) in [7, 11) is 1.82. The van der Waals surface area contributed by atoms with E-state index in [4.69, 9.17) is 4.74 Å². The Morgan fingerprint density at radius 1 is 1.27 bits per heavy atom. The minimum absolute atomic E-state index is 0. The number of likely N-dealkylation sites (tertiary alicyclic amines) is 1. The highest BCUT2D eigenvalue weighted by atomic mass is 127. The van der Waals surface area contributed by atoms with Crippen LogP contribution in [0.4, 0.5) is 0 Å². The van der Waals surface area contributed by atoms with Gasteiger partial charge in [-0.15, -0.1) is 24.0 Å². The molecular weight excluding hydrogens is 439 g/mol. The van der Waals surface area contributed by atoms with E-state index >= 15 is 0 Å². The molecule has 0 aromatic heterocycles. The third-order valence-corrected chi connectivity index (χ3v) is 4.75. The molecule has 1 aromatic carbocycles. The zero-order valence-electron chi connectivity index (χ0n) is 16.6. The first-order chi connectivity index (χ1) is 12.1. The lowest BCUT2D eigenvalue weighted by atomic mass is 9.97. The Kier molecular flexibility index (Phi) is 11.0. The maximum atomic E-state index is 5.74. The molecule has 6 heteroatoms. The van der Waals surface area contributed by atoms with Crippen LogP contribution in [-0.4, -0.2) is 56.7 Å². The number of hydrogen-bond acceptors (Lipinski definition) is 3. The maximum Gasteiger partial charge on any atom is 0.191 e. The molecule has 26 heavy (non-hydrogen) atoms. The smallest absolute Gasteiger partial charge is 0.191 e. The van der Waals surface area contributed by atoms with Crippen molar-refractivity contribution in [1.82, 2.24) is 15.5 Å². The Morgan fingerprint density at radius 3 is 2.65 bits per heavy atom. The van der Waals surface area contributed by atoms with Crippen molar-refractivity contribution >= 4 is 29.9 Å². The molecule has 1 aliphatic rings. The number of nitrogens with zero attached hydrogens (tertiary/aromatic N) is 2. The lowest BCUT2D eigenvalue weighted by Crippen LogP contribution is -2.46. The standard InChI is InChI=1S/C20H34N4O.HI/c1-16(2)24-12-5-6-18(15-24)14-23-20(21-4)22-11-13-25-19-9-7-17(3)8-10-19;/h7-10,16,18H,5-6,11-15H2,1-4H3,(H2,21,22,23);1H. The van der Waals surface area contributed by atoms with Crippen molar-refractivity contribution in [1.29, 1.82) is 0 Å². The SMILES string of the molecule is CN=C(NCCOc1ccc(C)cc1)NCC1CCCN(C(C)C)C1.I. The van der Waals surface area contributed by atoms with E-state index in [2.05, 4.69) is 53.4 Å². The van der Waals surface area contributed by atoms with Gasteiger partial charge in [0, 0.05) is 26.2 Å². The van der Waals surface area contributed by atoms with Gasteiger partial charge in [0.25, 0.3) is 0 Å². The van der Waals surface area contributed by atoms with Gasteiger partial charge in [-0.1, -0.05) is 17.7 Å². The summed E-state index contributed by atoms with van der Waals surface area (Å²) in [4.78, 5) is 6.88.